The van der Waals surface area contributed by atoms with Gasteiger partial charge in [-0.2, -0.15) is 0 Å². The molecule has 1 saturated heterocycles. The molecule has 1 atom stereocenters. The van der Waals surface area contributed by atoms with Crippen LogP contribution in [0.5, 0.6) is 5.75 Å². The van der Waals surface area contributed by atoms with Crippen molar-refractivity contribution in [2.24, 2.45) is 5.73 Å². The van der Waals surface area contributed by atoms with Crippen molar-refractivity contribution >= 4 is 11.6 Å². The molecular formula is C26H27N3O4. The second kappa shape index (κ2) is 9.83. The van der Waals surface area contributed by atoms with Crippen molar-refractivity contribution in [3.8, 4) is 16.9 Å². The number of nitro benzene ring substituents is 1. The third-order valence-corrected chi connectivity index (χ3v) is 6.21. The van der Waals surface area contributed by atoms with Crippen molar-refractivity contribution in [1.29, 1.82) is 0 Å². The maximum atomic E-state index is 11.7. The Bertz CT molecular complexity index is 1160. The quantitative estimate of drug-likeness (QED) is 0.404. The lowest BCUT2D eigenvalue weighted by atomic mass is 9.97. The van der Waals surface area contributed by atoms with Gasteiger partial charge < -0.3 is 10.5 Å². The van der Waals surface area contributed by atoms with E-state index >= 15 is 0 Å². The predicted molar refractivity (Wildman–Crippen MR) is 127 cm³/mol. The van der Waals surface area contributed by atoms with E-state index in [1.165, 1.54) is 6.07 Å². The fourth-order valence-corrected chi connectivity index (χ4v) is 4.42. The zero-order valence-electron chi connectivity index (χ0n) is 18.6. The number of nitrogens with zero attached hydrogens (tertiary/aromatic N) is 2. The minimum atomic E-state index is -0.429. The van der Waals surface area contributed by atoms with Crippen LogP contribution in [-0.4, -0.2) is 28.3 Å². The lowest BCUT2D eigenvalue weighted by Crippen LogP contribution is -2.39. The highest BCUT2D eigenvalue weighted by Crippen LogP contribution is 2.32. The number of likely N-dealkylation sites (tertiary alicyclic amines) is 1. The van der Waals surface area contributed by atoms with Crippen LogP contribution < -0.4 is 10.5 Å². The Kier molecular flexibility index (Phi) is 6.70. The molecule has 3 aromatic rings. The first-order valence-electron chi connectivity index (χ1n) is 11.0. The van der Waals surface area contributed by atoms with Gasteiger partial charge in [-0.15, -0.1) is 0 Å². The molecule has 0 bridgehead atoms. The van der Waals surface area contributed by atoms with Gasteiger partial charge in [-0.1, -0.05) is 54.6 Å². The summed E-state index contributed by atoms with van der Waals surface area (Å²) in [5.74, 6) is -0.129. The van der Waals surface area contributed by atoms with E-state index in [2.05, 4.69) is 18.2 Å². The molecule has 7 heteroatoms. The summed E-state index contributed by atoms with van der Waals surface area (Å²) in [6.45, 7) is 3.44. The normalized spacial score (nSPS) is 16.0. The Morgan fingerprint density at radius 3 is 2.67 bits per heavy atom. The number of rotatable bonds is 8. The van der Waals surface area contributed by atoms with E-state index in [0.29, 0.717) is 6.54 Å². The van der Waals surface area contributed by atoms with Crippen LogP contribution in [0.1, 0.15) is 29.5 Å². The molecule has 1 fully saturated rings. The van der Waals surface area contributed by atoms with Crippen LogP contribution >= 0.6 is 0 Å². The van der Waals surface area contributed by atoms with Crippen molar-refractivity contribution in [3.05, 3.63) is 93.5 Å². The van der Waals surface area contributed by atoms with Crippen LogP contribution in [0.15, 0.2) is 66.7 Å². The molecule has 1 unspecified atom stereocenters. The number of carbonyl (C=O) groups excluding carboxylic acids is 1. The fraction of sp³-hybridized carbons (Fsp3) is 0.269. The summed E-state index contributed by atoms with van der Waals surface area (Å²) >= 11 is 0. The molecule has 1 aliphatic rings. The molecule has 7 nitrogen and oxygen atoms in total. The molecule has 2 N–H and O–H groups in total. The van der Waals surface area contributed by atoms with Crippen LogP contribution in [-0.2, 0) is 17.9 Å². The highest BCUT2D eigenvalue weighted by Gasteiger charge is 2.29. The van der Waals surface area contributed by atoms with Gasteiger partial charge in [-0.25, -0.2) is 0 Å². The molecule has 170 valence electrons. The van der Waals surface area contributed by atoms with E-state index in [-0.39, 0.29) is 30.0 Å². The molecule has 33 heavy (non-hydrogen) atoms. The number of benzene rings is 3. The topological polar surface area (TPSA) is 98.7 Å². The summed E-state index contributed by atoms with van der Waals surface area (Å²) in [7, 11) is 0. The van der Waals surface area contributed by atoms with Crippen molar-refractivity contribution in [1.82, 2.24) is 4.90 Å². The van der Waals surface area contributed by atoms with Gasteiger partial charge in [0.05, 0.1) is 11.0 Å². The summed E-state index contributed by atoms with van der Waals surface area (Å²) in [4.78, 5) is 24.9. The van der Waals surface area contributed by atoms with E-state index in [1.807, 2.05) is 48.2 Å². The number of hydrogen-bond acceptors (Lipinski definition) is 5. The number of ether oxygens (including phenoxy) is 1. The smallest absolute Gasteiger partial charge is 0.311 e. The van der Waals surface area contributed by atoms with Crippen molar-refractivity contribution < 1.29 is 14.5 Å². The van der Waals surface area contributed by atoms with Crippen molar-refractivity contribution in [2.75, 3.05) is 6.54 Å². The predicted octanol–water partition coefficient (Wildman–Crippen LogP) is 4.60. The van der Waals surface area contributed by atoms with E-state index in [1.54, 1.807) is 6.07 Å². The Balaban J connectivity index is 1.52. The second-order valence-corrected chi connectivity index (χ2v) is 8.33. The first-order valence-corrected chi connectivity index (χ1v) is 11.0. The maximum absolute atomic E-state index is 11.7. The number of nitrogens with two attached hydrogens (primary N) is 1. The van der Waals surface area contributed by atoms with Gasteiger partial charge in [0.1, 0.15) is 6.61 Å². The molecule has 0 aromatic heterocycles. The number of carbonyl (C=O) groups is 1. The third-order valence-electron chi connectivity index (χ3n) is 6.21. The monoisotopic (exact) mass is 445 g/mol. The van der Waals surface area contributed by atoms with Gasteiger partial charge in [0.25, 0.3) is 0 Å². The first kappa shape index (κ1) is 22.5. The standard InChI is InChI=1S/C26H27N3O4/c1-18-21(9-5-10-22(18)20-7-3-2-4-8-20)17-33-25-13-12-19(15-24(25)29(31)32)16-28-14-6-11-23(28)26(27)30/h2-5,7-10,12-13,15,23H,6,11,14,16-17H2,1H3,(H2,27,30). The number of primary amides is 1. The van der Waals surface area contributed by atoms with E-state index in [0.717, 1.165) is 47.2 Å². The molecule has 4 rings (SSSR count). The second-order valence-electron chi connectivity index (χ2n) is 8.33. The van der Waals surface area contributed by atoms with Gasteiger partial charge in [0.15, 0.2) is 5.75 Å². The lowest BCUT2D eigenvalue weighted by Gasteiger charge is -2.21. The summed E-state index contributed by atoms with van der Waals surface area (Å²) in [5, 5.41) is 11.7. The molecule has 1 amide bonds. The van der Waals surface area contributed by atoms with Crippen LogP contribution in [0.4, 0.5) is 5.69 Å². The van der Waals surface area contributed by atoms with Gasteiger partial charge in [0, 0.05) is 12.6 Å². The van der Waals surface area contributed by atoms with Gasteiger partial charge >= 0.3 is 5.69 Å². The summed E-state index contributed by atoms with van der Waals surface area (Å²) in [6, 6.07) is 20.7. The van der Waals surface area contributed by atoms with Crippen LogP contribution in [0.3, 0.4) is 0 Å². The highest BCUT2D eigenvalue weighted by molar-refractivity contribution is 5.80. The average Bonchev–Trinajstić information content (AvgIpc) is 3.28. The van der Waals surface area contributed by atoms with E-state index in [9.17, 15) is 14.9 Å². The largest absolute Gasteiger partial charge is 0.482 e. The van der Waals surface area contributed by atoms with Gasteiger partial charge in [-0.3, -0.25) is 19.8 Å². The first-order chi connectivity index (χ1) is 15.9. The Hall–Kier alpha value is -3.71. The Labute approximate surface area is 192 Å². The van der Waals surface area contributed by atoms with Crippen LogP contribution in [0, 0.1) is 17.0 Å². The number of amides is 1. The summed E-state index contributed by atoms with van der Waals surface area (Å²) < 4.78 is 5.91. The molecule has 0 saturated carbocycles. The van der Waals surface area contributed by atoms with E-state index < -0.39 is 4.92 Å². The maximum Gasteiger partial charge on any atom is 0.311 e. The summed E-state index contributed by atoms with van der Waals surface area (Å²) in [6.07, 6.45) is 1.61. The third kappa shape index (κ3) is 5.04. The lowest BCUT2D eigenvalue weighted by molar-refractivity contribution is -0.386. The molecule has 0 aliphatic carbocycles. The van der Waals surface area contributed by atoms with Crippen molar-refractivity contribution in [3.63, 3.8) is 0 Å². The van der Waals surface area contributed by atoms with Gasteiger partial charge in [0.2, 0.25) is 5.91 Å². The number of hydrogen-bond donors (Lipinski definition) is 1. The zero-order chi connectivity index (χ0) is 23.4. The Morgan fingerprint density at radius 1 is 1.15 bits per heavy atom. The molecule has 1 aliphatic heterocycles. The minimum absolute atomic E-state index is 0.0841. The van der Waals surface area contributed by atoms with E-state index in [4.69, 9.17) is 10.5 Å². The molecule has 3 aromatic carbocycles. The zero-order valence-corrected chi connectivity index (χ0v) is 18.6. The minimum Gasteiger partial charge on any atom is -0.482 e. The average molecular weight is 446 g/mol. The van der Waals surface area contributed by atoms with Crippen molar-refractivity contribution in [2.45, 2.75) is 39.0 Å². The molecule has 1 heterocycles. The number of nitro groups is 1. The van der Waals surface area contributed by atoms with Crippen LogP contribution in [0.2, 0.25) is 0 Å². The SMILES string of the molecule is Cc1c(COc2ccc(CN3CCCC3C(N)=O)cc2[N+](=O)[O-])cccc1-c1ccccc1. The highest BCUT2D eigenvalue weighted by atomic mass is 16.6. The molecule has 0 spiro atoms. The molecular weight excluding hydrogens is 418 g/mol. The Morgan fingerprint density at radius 2 is 1.94 bits per heavy atom. The van der Waals surface area contributed by atoms with Gasteiger partial charge in [-0.05, 0) is 60.2 Å². The summed E-state index contributed by atoms with van der Waals surface area (Å²) in [5.41, 5.74) is 10.4. The van der Waals surface area contributed by atoms with Crippen LogP contribution in [0.25, 0.3) is 11.1 Å². The fourth-order valence-electron chi connectivity index (χ4n) is 4.42. The molecule has 0 radical (unpaired) electrons.